The minimum Gasteiger partial charge on any atom is -0.465 e. The van der Waals surface area contributed by atoms with Gasteiger partial charge in [-0.05, 0) is 30.3 Å². The Morgan fingerprint density at radius 1 is 0.917 bits per heavy atom. The molecular weight excluding hydrogens is 334 g/mol. The lowest BCUT2D eigenvalue weighted by atomic mass is 10.1. The first-order chi connectivity index (χ1) is 11.4. The molecule has 0 aliphatic carbocycles. The molecule has 7 nitrogen and oxygen atoms in total. The van der Waals surface area contributed by atoms with Gasteiger partial charge in [0.25, 0.3) is 10.0 Å². The summed E-state index contributed by atoms with van der Waals surface area (Å²) in [7, 11) is -1.57. The number of ether oxygens (including phenoxy) is 2. The van der Waals surface area contributed by atoms with Crippen LogP contribution in [0.2, 0.25) is 0 Å². The summed E-state index contributed by atoms with van der Waals surface area (Å²) in [5.74, 6) is -1.40. The van der Waals surface area contributed by atoms with Crippen LogP contribution in [0.1, 0.15) is 20.7 Å². The van der Waals surface area contributed by atoms with Crippen LogP contribution in [-0.2, 0) is 19.5 Å². The topological polar surface area (TPSA) is 98.8 Å². The lowest BCUT2D eigenvalue weighted by Crippen LogP contribution is -2.17. The molecule has 0 unspecified atom stereocenters. The van der Waals surface area contributed by atoms with Gasteiger partial charge in [-0.3, -0.25) is 4.72 Å². The van der Waals surface area contributed by atoms with Crippen molar-refractivity contribution < 1.29 is 27.5 Å². The molecule has 0 atom stereocenters. The van der Waals surface area contributed by atoms with E-state index in [1.807, 2.05) is 0 Å². The van der Waals surface area contributed by atoms with E-state index in [4.69, 9.17) is 0 Å². The first-order valence-electron chi connectivity index (χ1n) is 6.77. The average Bonchev–Trinajstić information content (AvgIpc) is 2.60. The van der Waals surface area contributed by atoms with Crippen molar-refractivity contribution in [1.82, 2.24) is 0 Å². The zero-order valence-electron chi connectivity index (χ0n) is 13.0. The molecule has 1 N–H and O–H groups in total. The summed E-state index contributed by atoms with van der Waals surface area (Å²) in [6.45, 7) is 0. The Morgan fingerprint density at radius 2 is 1.54 bits per heavy atom. The normalized spacial score (nSPS) is 10.8. The van der Waals surface area contributed by atoms with Crippen LogP contribution in [0.5, 0.6) is 0 Å². The average molecular weight is 349 g/mol. The summed E-state index contributed by atoms with van der Waals surface area (Å²) < 4.78 is 36.4. The lowest BCUT2D eigenvalue weighted by molar-refractivity contribution is 0.0587. The maximum absolute atomic E-state index is 12.4. The summed E-state index contributed by atoms with van der Waals surface area (Å²) >= 11 is 0. The van der Waals surface area contributed by atoms with Gasteiger partial charge in [-0.25, -0.2) is 18.0 Å². The summed E-state index contributed by atoms with van der Waals surface area (Å²) in [4.78, 5) is 23.5. The van der Waals surface area contributed by atoms with Crippen LogP contribution >= 0.6 is 0 Å². The van der Waals surface area contributed by atoms with Crippen LogP contribution in [0, 0.1) is 0 Å². The molecule has 0 aliphatic heterocycles. The van der Waals surface area contributed by atoms with Gasteiger partial charge >= 0.3 is 11.9 Å². The second-order valence-electron chi connectivity index (χ2n) is 4.66. The monoisotopic (exact) mass is 349 g/mol. The van der Waals surface area contributed by atoms with Gasteiger partial charge in [0, 0.05) is 0 Å². The number of sulfonamides is 1. The zero-order chi connectivity index (χ0) is 17.7. The van der Waals surface area contributed by atoms with Gasteiger partial charge in [0.2, 0.25) is 0 Å². The molecule has 2 aromatic carbocycles. The molecule has 0 spiro atoms. The largest absolute Gasteiger partial charge is 0.465 e. The molecule has 0 aliphatic rings. The fraction of sp³-hybridized carbons (Fsp3) is 0.125. The number of hydrogen-bond donors (Lipinski definition) is 1. The van der Waals surface area contributed by atoms with Crippen molar-refractivity contribution in [3.05, 3.63) is 59.7 Å². The molecule has 0 saturated carbocycles. The highest BCUT2D eigenvalue weighted by molar-refractivity contribution is 7.92. The van der Waals surface area contributed by atoms with Crippen LogP contribution in [-0.4, -0.2) is 34.6 Å². The second-order valence-corrected chi connectivity index (χ2v) is 6.34. The molecule has 0 saturated heterocycles. The quantitative estimate of drug-likeness (QED) is 0.830. The molecule has 0 fully saturated rings. The fourth-order valence-corrected chi connectivity index (χ4v) is 3.06. The molecule has 0 amide bonds. The summed E-state index contributed by atoms with van der Waals surface area (Å²) in [5.41, 5.74) is -0.00539. The molecular formula is C16H15NO6S. The highest BCUT2D eigenvalue weighted by Gasteiger charge is 2.21. The highest BCUT2D eigenvalue weighted by Crippen LogP contribution is 2.23. The number of carbonyl (C=O) groups excluding carboxylic acids is 2. The molecule has 2 rings (SSSR count). The van der Waals surface area contributed by atoms with Crippen molar-refractivity contribution in [1.29, 1.82) is 0 Å². The maximum atomic E-state index is 12.4. The molecule has 2 aromatic rings. The van der Waals surface area contributed by atoms with Crippen molar-refractivity contribution in [2.45, 2.75) is 4.90 Å². The number of methoxy groups -OCH3 is 2. The number of nitrogens with one attached hydrogen (secondary N) is 1. The molecule has 0 heterocycles. The van der Waals surface area contributed by atoms with Gasteiger partial charge < -0.3 is 9.47 Å². The third kappa shape index (κ3) is 3.72. The van der Waals surface area contributed by atoms with Crippen LogP contribution in [0.4, 0.5) is 5.69 Å². The molecule has 0 radical (unpaired) electrons. The van der Waals surface area contributed by atoms with E-state index in [1.165, 1.54) is 44.6 Å². The molecule has 24 heavy (non-hydrogen) atoms. The summed E-state index contributed by atoms with van der Waals surface area (Å²) in [6.07, 6.45) is 0. The van der Waals surface area contributed by atoms with E-state index in [0.717, 1.165) is 0 Å². The third-order valence-electron chi connectivity index (χ3n) is 3.14. The van der Waals surface area contributed by atoms with Crippen molar-refractivity contribution >= 4 is 27.6 Å². The summed E-state index contributed by atoms with van der Waals surface area (Å²) in [6, 6.07) is 11.5. The van der Waals surface area contributed by atoms with Gasteiger partial charge in [-0.2, -0.15) is 0 Å². The van der Waals surface area contributed by atoms with Crippen LogP contribution in [0.15, 0.2) is 53.4 Å². The Hall–Kier alpha value is -2.87. The van der Waals surface area contributed by atoms with Crippen LogP contribution in [0.25, 0.3) is 0 Å². The van der Waals surface area contributed by atoms with E-state index in [-0.39, 0.29) is 21.7 Å². The molecule has 126 valence electrons. The van der Waals surface area contributed by atoms with Crippen molar-refractivity contribution in [3.8, 4) is 0 Å². The van der Waals surface area contributed by atoms with Crippen molar-refractivity contribution in [2.24, 2.45) is 0 Å². The summed E-state index contributed by atoms with van der Waals surface area (Å²) in [5, 5.41) is 0. The predicted octanol–water partition coefficient (Wildman–Crippen LogP) is 2.06. The Morgan fingerprint density at radius 3 is 2.12 bits per heavy atom. The van der Waals surface area contributed by atoms with E-state index in [2.05, 4.69) is 14.2 Å². The number of benzene rings is 2. The minimum absolute atomic E-state index is 0.0179. The van der Waals surface area contributed by atoms with Crippen LogP contribution in [0.3, 0.4) is 0 Å². The molecule has 0 aromatic heterocycles. The number of anilines is 1. The third-order valence-corrected chi connectivity index (χ3v) is 4.53. The van der Waals surface area contributed by atoms with Gasteiger partial charge in [0.05, 0.1) is 35.9 Å². The van der Waals surface area contributed by atoms with Gasteiger partial charge in [-0.15, -0.1) is 0 Å². The fourth-order valence-electron chi connectivity index (χ4n) is 1.96. The number of carbonyl (C=O) groups is 2. The van der Waals surface area contributed by atoms with E-state index in [9.17, 15) is 18.0 Å². The zero-order valence-corrected chi connectivity index (χ0v) is 13.8. The first kappa shape index (κ1) is 17.5. The Labute approximate surface area is 139 Å². The van der Waals surface area contributed by atoms with E-state index >= 15 is 0 Å². The van der Waals surface area contributed by atoms with Gasteiger partial charge in [0.15, 0.2) is 0 Å². The second kappa shape index (κ2) is 7.14. The predicted molar refractivity (Wildman–Crippen MR) is 86.4 cm³/mol. The Kier molecular flexibility index (Phi) is 5.20. The Bertz CT molecular complexity index is 861. The van der Waals surface area contributed by atoms with E-state index in [1.54, 1.807) is 18.2 Å². The Balaban J connectivity index is 2.50. The highest BCUT2D eigenvalue weighted by atomic mass is 32.2. The molecule has 0 bridgehead atoms. The first-order valence-corrected chi connectivity index (χ1v) is 8.26. The minimum atomic E-state index is -3.94. The van der Waals surface area contributed by atoms with Gasteiger partial charge in [-0.1, -0.05) is 18.2 Å². The van der Waals surface area contributed by atoms with Crippen LogP contribution < -0.4 is 4.72 Å². The molecule has 8 heteroatoms. The number of esters is 2. The van der Waals surface area contributed by atoms with E-state index < -0.39 is 22.0 Å². The standard InChI is InChI=1S/C16H15NO6S/c1-22-15(18)11-8-9-13(16(19)23-2)14(10-11)17-24(20,21)12-6-4-3-5-7-12/h3-10,17H,1-2H3. The number of hydrogen-bond acceptors (Lipinski definition) is 6. The number of rotatable bonds is 5. The SMILES string of the molecule is COC(=O)c1ccc(C(=O)OC)c(NS(=O)(=O)c2ccccc2)c1. The van der Waals surface area contributed by atoms with Crippen molar-refractivity contribution in [3.63, 3.8) is 0 Å². The lowest BCUT2D eigenvalue weighted by Gasteiger charge is -2.12. The smallest absolute Gasteiger partial charge is 0.339 e. The van der Waals surface area contributed by atoms with E-state index in [0.29, 0.717) is 0 Å². The van der Waals surface area contributed by atoms with Crippen molar-refractivity contribution in [2.75, 3.05) is 18.9 Å². The van der Waals surface area contributed by atoms with Gasteiger partial charge in [0.1, 0.15) is 0 Å². The maximum Gasteiger partial charge on any atom is 0.339 e.